The van der Waals surface area contributed by atoms with E-state index < -0.39 is 18.1 Å². The van der Waals surface area contributed by atoms with E-state index in [0.29, 0.717) is 19.6 Å². The van der Waals surface area contributed by atoms with Gasteiger partial charge in [0.2, 0.25) is 11.1 Å². The topological polar surface area (TPSA) is 147 Å². The summed E-state index contributed by atoms with van der Waals surface area (Å²) in [6.07, 6.45) is 7.15. The molecule has 0 unspecified atom stereocenters. The van der Waals surface area contributed by atoms with Crippen molar-refractivity contribution in [1.29, 1.82) is 0 Å². The number of carbonyl (C=O) groups is 4. The summed E-state index contributed by atoms with van der Waals surface area (Å²) in [5, 5.41) is 21.0. The van der Waals surface area contributed by atoms with Crippen LogP contribution in [0, 0.1) is 11.8 Å². The largest absolute Gasteiger partial charge is 1.00 e. The van der Waals surface area contributed by atoms with Crippen molar-refractivity contribution in [3.05, 3.63) is 71.8 Å². The fraction of sp³-hybridized carbons (Fsp3) is 0.610. The first-order valence-electron chi connectivity index (χ1n) is 18.6. The number of hydrogen-bond donors (Lipinski definition) is 3. The van der Waals surface area contributed by atoms with Crippen LogP contribution in [0.2, 0.25) is 0 Å². The second-order valence-electron chi connectivity index (χ2n) is 13.4. The van der Waals surface area contributed by atoms with Gasteiger partial charge in [0.05, 0.1) is 6.10 Å². The normalized spacial score (nSPS) is 18.8. The van der Waals surface area contributed by atoms with Crippen molar-refractivity contribution in [2.24, 2.45) is 11.8 Å². The van der Waals surface area contributed by atoms with Crippen molar-refractivity contribution < 1.29 is 56.6 Å². The lowest BCUT2D eigenvalue weighted by Crippen LogP contribution is -3.00. The molecule has 2 aromatic rings. The zero-order valence-corrected chi connectivity index (χ0v) is 32.8. The van der Waals surface area contributed by atoms with E-state index in [9.17, 15) is 29.4 Å². The van der Waals surface area contributed by atoms with E-state index in [1.165, 1.54) is 4.90 Å². The number of aliphatic hydroxyl groups is 2. The number of hydrogen-bond acceptors (Lipinski definition) is 8. The summed E-state index contributed by atoms with van der Waals surface area (Å²) in [5.41, 5.74) is 1.89. The Hall–Kier alpha value is -3.02. The molecule has 0 aliphatic carbocycles. The molecule has 2 fully saturated rings. The highest BCUT2D eigenvalue weighted by Crippen LogP contribution is 2.25. The number of likely N-dealkylation sites (tertiary alicyclic amines) is 1. The van der Waals surface area contributed by atoms with Crippen LogP contribution >= 0.6 is 11.6 Å². The van der Waals surface area contributed by atoms with Gasteiger partial charge in [-0.2, -0.15) is 0 Å². The van der Waals surface area contributed by atoms with Gasteiger partial charge in [-0.05, 0) is 48.4 Å². The Labute approximate surface area is 328 Å². The fourth-order valence-corrected chi connectivity index (χ4v) is 6.55. The van der Waals surface area contributed by atoms with E-state index in [2.05, 4.69) is 27.7 Å². The number of nitrogens with two attached hydrogens (primary N) is 1. The van der Waals surface area contributed by atoms with Crippen LogP contribution in [0.4, 0.5) is 0 Å². The van der Waals surface area contributed by atoms with E-state index in [1.807, 2.05) is 66.0 Å². The average Bonchev–Trinajstić information content (AvgIpc) is 3.76. The van der Waals surface area contributed by atoms with E-state index in [0.717, 1.165) is 62.5 Å². The number of esters is 2. The maximum absolute atomic E-state index is 12.9. The standard InChI is InChI=1S/C20H29NO4.C12H15NO3.C8H15ClO.CH4.ClH/c1-3-8-16(9-4-2)19(23)21-13-17(22)12-18(21)20(24)25-14-15-10-6-5-7-11-15;14-10-6-11(13-7-10)12(15)16-8-9-4-2-1-3-5-9;1-3-5-7(6-4-2)8(9)10;;/h5-7,10-11,16-18,22H,3-4,8-9,12-14H2,1-2H3;1-5,10-11,13-14H,6-8H2;7H,3-6H2,1-2H3;1H4;1H/t17-,18+;10-,11+;;;/m11.../s1. The molecule has 4 rings (SSSR count). The highest BCUT2D eigenvalue weighted by molar-refractivity contribution is 6.63. The molecule has 10 nitrogen and oxygen atoms in total. The summed E-state index contributed by atoms with van der Waals surface area (Å²) in [6, 6.07) is 18.1. The number of rotatable bonds is 16. The molecule has 0 spiro atoms. The summed E-state index contributed by atoms with van der Waals surface area (Å²) in [7, 11) is 0. The average molecular weight is 784 g/mol. The summed E-state index contributed by atoms with van der Waals surface area (Å²) in [6.45, 7) is 9.55. The third-order valence-corrected chi connectivity index (χ3v) is 9.33. The number of quaternary nitrogens is 1. The van der Waals surface area contributed by atoms with Gasteiger partial charge in [-0.3, -0.25) is 9.59 Å². The Morgan fingerprint density at radius 3 is 1.60 bits per heavy atom. The fourth-order valence-electron chi connectivity index (χ4n) is 6.33. The second kappa shape index (κ2) is 28.4. The van der Waals surface area contributed by atoms with Crippen LogP contribution < -0.4 is 17.7 Å². The van der Waals surface area contributed by atoms with Gasteiger partial charge in [-0.25, -0.2) is 9.59 Å². The van der Waals surface area contributed by atoms with Crippen LogP contribution in [0.25, 0.3) is 0 Å². The highest BCUT2D eigenvalue weighted by atomic mass is 35.5. The quantitative estimate of drug-likeness (QED) is 0.174. The molecule has 0 radical (unpaired) electrons. The lowest BCUT2D eigenvalue weighted by Gasteiger charge is -2.27. The molecule has 2 aromatic carbocycles. The lowest BCUT2D eigenvalue weighted by molar-refractivity contribution is -0.661. The number of benzene rings is 2. The molecular weight excluding hydrogens is 719 g/mol. The second-order valence-corrected chi connectivity index (χ2v) is 13.8. The predicted molar refractivity (Wildman–Crippen MR) is 204 cm³/mol. The van der Waals surface area contributed by atoms with E-state index in [1.54, 1.807) is 0 Å². The molecule has 4 atom stereocenters. The number of carbonyl (C=O) groups excluding carboxylic acids is 4. The predicted octanol–water partition coefficient (Wildman–Crippen LogP) is 2.94. The van der Waals surface area contributed by atoms with Gasteiger partial charge in [-0.15, -0.1) is 0 Å². The molecule has 1 amide bonds. The molecule has 53 heavy (non-hydrogen) atoms. The smallest absolute Gasteiger partial charge is 0.365 e. The van der Waals surface area contributed by atoms with Crippen LogP contribution in [0.3, 0.4) is 0 Å². The Bertz CT molecular complexity index is 1290. The Morgan fingerprint density at radius 2 is 1.19 bits per heavy atom. The van der Waals surface area contributed by atoms with Crippen molar-refractivity contribution in [2.45, 2.75) is 137 Å². The maximum atomic E-state index is 12.9. The van der Waals surface area contributed by atoms with Crippen molar-refractivity contribution in [1.82, 2.24) is 4.90 Å². The Balaban J connectivity index is 0.000000831. The van der Waals surface area contributed by atoms with Crippen molar-refractivity contribution in [2.75, 3.05) is 13.1 Å². The Kier molecular flexibility index (Phi) is 26.8. The van der Waals surface area contributed by atoms with Crippen LogP contribution in [-0.2, 0) is 41.9 Å². The molecule has 2 heterocycles. The molecular formula is C41H64Cl2N2O8. The first-order chi connectivity index (χ1) is 24.5. The van der Waals surface area contributed by atoms with Gasteiger partial charge >= 0.3 is 11.9 Å². The highest BCUT2D eigenvalue weighted by Gasteiger charge is 2.41. The van der Waals surface area contributed by atoms with Gasteiger partial charge in [-0.1, -0.05) is 121 Å². The number of ether oxygens (including phenoxy) is 2. The van der Waals surface area contributed by atoms with E-state index in [-0.39, 0.29) is 80.5 Å². The molecule has 2 aliphatic rings. The lowest BCUT2D eigenvalue weighted by atomic mass is 9.96. The molecule has 0 saturated carbocycles. The molecule has 300 valence electrons. The molecule has 4 N–H and O–H groups in total. The summed E-state index contributed by atoms with van der Waals surface area (Å²) >= 11 is 5.36. The first-order valence-corrected chi connectivity index (χ1v) is 19.0. The van der Waals surface area contributed by atoms with Gasteiger partial charge in [0.25, 0.3) is 0 Å². The minimum Gasteiger partial charge on any atom is -1.00 e. The maximum Gasteiger partial charge on any atom is 0.365 e. The number of nitrogens with zero attached hydrogens (tertiary/aromatic N) is 1. The van der Waals surface area contributed by atoms with Gasteiger partial charge in [0.1, 0.15) is 31.9 Å². The van der Waals surface area contributed by atoms with Gasteiger partial charge in [0, 0.05) is 31.2 Å². The number of halogens is 2. The summed E-state index contributed by atoms with van der Waals surface area (Å²) in [4.78, 5) is 49.2. The monoisotopic (exact) mass is 782 g/mol. The van der Waals surface area contributed by atoms with E-state index >= 15 is 0 Å². The minimum absolute atomic E-state index is 0. The third-order valence-electron chi connectivity index (χ3n) is 9.02. The third kappa shape index (κ3) is 18.7. The molecule has 2 saturated heterocycles. The van der Waals surface area contributed by atoms with Crippen LogP contribution in [-0.4, -0.2) is 75.6 Å². The molecule has 2 aliphatic heterocycles. The van der Waals surface area contributed by atoms with Crippen molar-refractivity contribution in [3.8, 4) is 0 Å². The van der Waals surface area contributed by atoms with Crippen LogP contribution in [0.1, 0.15) is 110 Å². The number of aliphatic hydroxyl groups excluding tert-OH is 2. The molecule has 12 heteroatoms. The van der Waals surface area contributed by atoms with Crippen molar-refractivity contribution >= 4 is 34.7 Å². The van der Waals surface area contributed by atoms with Crippen LogP contribution in [0.15, 0.2) is 60.7 Å². The van der Waals surface area contributed by atoms with E-state index in [4.69, 9.17) is 21.1 Å². The molecule has 0 bridgehead atoms. The summed E-state index contributed by atoms with van der Waals surface area (Å²) < 4.78 is 10.6. The zero-order chi connectivity index (χ0) is 37.6. The van der Waals surface area contributed by atoms with Crippen LogP contribution in [0.5, 0.6) is 0 Å². The van der Waals surface area contributed by atoms with Gasteiger partial charge in [0.15, 0.2) is 6.04 Å². The SMILES string of the molecule is C.CCCC(CCC)C(=O)Cl.CCCC(CCC)C(=O)N1C[C@H](O)C[C@H]1C(=O)OCc1ccccc1.O=C(OCc1ccccc1)[C@@H]1C[C@@H](O)C[NH2+]1.[Cl-]. The number of amides is 1. The number of β-amino-alcohol motifs (C(OH)–C–C–N with tert-alkyl or cyclic N) is 1. The zero-order valence-electron chi connectivity index (χ0n) is 31.3. The Morgan fingerprint density at radius 1 is 0.736 bits per heavy atom. The van der Waals surface area contributed by atoms with Crippen molar-refractivity contribution in [3.63, 3.8) is 0 Å². The summed E-state index contributed by atoms with van der Waals surface area (Å²) in [5.74, 6) is -0.663. The minimum atomic E-state index is -0.678. The molecule has 0 aromatic heterocycles. The van der Waals surface area contributed by atoms with Gasteiger partial charge < -0.3 is 42.3 Å². The first kappa shape index (κ1) is 50.0.